The fourth-order valence-electron chi connectivity index (χ4n) is 3.21. The normalized spacial score (nSPS) is 16.5. The zero-order chi connectivity index (χ0) is 16.9. The minimum atomic E-state index is -4.53. The second kappa shape index (κ2) is 5.25. The van der Waals surface area contributed by atoms with Gasteiger partial charge in [-0.15, -0.1) is 0 Å². The molecule has 0 bridgehead atoms. The molecule has 2 aromatic rings. The highest BCUT2D eigenvalue weighted by molar-refractivity contribution is 5.94. The Hall–Kier alpha value is -2.51. The third kappa shape index (κ3) is 2.42. The molecular formula is C16H14F3N3O2. The lowest BCUT2D eigenvalue weighted by molar-refractivity contribution is -0.142. The number of carbonyl (C=O) groups excluding carboxylic acids is 1. The van der Waals surface area contributed by atoms with Crippen LogP contribution in [0.4, 0.5) is 13.2 Å². The van der Waals surface area contributed by atoms with Crippen molar-refractivity contribution in [2.45, 2.75) is 25.6 Å². The first-order valence-corrected chi connectivity index (χ1v) is 7.62. The Kier molecular flexibility index (Phi) is 3.29. The zero-order valence-corrected chi connectivity index (χ0v) is 12.6. The number of aromatic nitrogens is 2. The van der Waals surface area contributed by atoms with Gasteiger partial charge in [0.05, 0.1) is 6.61 Å². The quantitative estimate of drug-likeness (QED) is 0.870. The maximum atomic E-state index is 13.0. The van der Waals surface area contributed by atoms with E-state index in [1.54, 1.807) is 18.2 Å². The molecule has 1 N–H and O–H groups in total. The lowest BCUT2D eigenvalue weighted by Crippen LogP contribution is -2.36. The number of benzene rings is 1. The Morgan fingerprint density at radius 2 is 2.12 bits per heavy atom. The van der Waals surface area contributed by atoms with Gasteiger partial charge in [-0.25, -0.2) is 0 Å². The smallest absolute Gasteiger partial charge is 0.435 e. The monoisotopic (exact) mass is 337 g/mol. The first-order chi connectivity index (χ1) is 11.4. The van der Waals surface area contributed by atoms with Crippen LogP contribution >= 0.6 is 0 Å². The van der Waals surface area contributed by atoms with Crippen LogP contribution in [0.3, 0.4) is 0 Å². The molecule has 1 amide bonds. The standard InChI is InChI=1S/C16H14F3N3O2/c17-16(18,19)14-11-8-22(5-3-12(11)20-21-14)15(23)10-1-2-13-9(7-10)4-6-24-13/h1-2,7H,3-6,8H2,(H,20,21). The molecular weight excluding hydrogens is 323 g/mol. The summed E-state index contributed by atoms with van der Waals surface area (Å²) in [5.74, 6) is 0.492. The van der Waals surface area contributed by atoms with Crippen molar-refractivity contribution in [1.82, 2.24) is 15.1 Å². The zero-order valence-electron chi connectivity index (χ0n) is 12.6. The van der Waals surface area contributed by atoms with Crippen LogP contribution in [0.25, 0.3) is 0 Å². The summed E-state index contributed by atoms with van der Waals surface area (Å²) in [4.78, 5) is 14.1. The molecule has 126 valence electrons. The van der Waals surface area contributed by atoms with E-state index < -0.39 is 11.9 Å². The van der Waals surface area contributed by atoms with Crippen LogP contribution < -0.4 is 4.74 Å². The Balaban J connectivity index is 1.60. The molecule has 0 fully saturated rings. The van der Waals surface area contributed by atoms with E-state index >= 15 is 0 Å². The van der Waals surface area contributed by atoms with Crippen LogP contribution in [-0.2, 0) is 25.6 Å². The van der Waals surface area contributed by atoms with E-state index in [-0.39, 0.29) is 18.0 Å². The van der Waals surface area contributed by atoms with Crippen molar-refractivity contribution in [3.05, 3.63) is 46.3 Å². The molecule has 1 aromatic carbocycles. The van der Waals surface area contributed by atoms with E-state index in [4.69, 9.17) is 4.74 Å². The maximum Gasteiger partial charge on any atom is 0.435 e. The number of hydrogen-bond donors (Lipinski definition) is 1. The van der Waals surface area contributed by atoms with Gasteiger partial charge in [0.15, 0.2) is 5.69 Å². The summed E-state index contributed by atoms with van der Waals surface area (Å²) in [6, 6.07) is 5.16. The van der Waals surface area contributed by atoms with Crippen molar-refractivity contribution in [2.75, 3.05) is 13.2 Å². The number of nitrogens with one attached hydrogen (secondary N) is 1. The molecule has 0 aliphatic carbocycles. The van der Waals surface area contributed by atoms with Crippen LogP contribution in [0.5, 0.6) is 5.75 Å². The van der Waals surface area contributed by atoms with E-state index in [2.05, 4.69) is 10.2 Å². The summed E-state index contributed by atoms with van der Waals surface area (Å²) in [5.41, 5.74) is 1.01. The van der Waals surface area contributed by atoms with Crippen LogP contribution in [0.2, 0.25) is 0 Å². The summed E-state index contributed by atoms with van der Waals surface area (Å²) in [7, 11) is 0. The molecule has 0 spiro atoms. The van der Waals surface area contributed by atoms with E-state index in [9.17, 15) is 18.0 Å². The predicted molar refractivity (Wildman–Crippen MR) is 77.7 cm³/mol. The second-order valence-electron chi connectivity index (χ2n) is 5.92. The molecule has 2 aliphatic rings. The highest BCUT2D eigenvalue weighted by Gasteiger charge is 2.40. The largest absolute Gasteiger partial charge is 0.493 e. The van der Waals surface area contributed by atoms with Gasteiger partial charge in [-0.05, 0) is 23.8 Å². The summed E-state index contributed by atoms with van der Waals surface area (Å²) in [6.45, 7) is 0.857. The van der Waals surface area contributed by atoms with Gasteiger partial charge in [0.1, 0.15) is 5.75 Å². The number of hydrogen-bond acceptors (Lipinski definition) is 3. The molecule has 24 heavy (non-hydrogen) atoms. The van der Waals surface area contributed by atoms with Crippen LogP contribution in [0.15, 0.2) is 18.2 Å². The summed E-state index contributed by atoms with van der Waals surface area (Å²) < 4.78 is 44.4. The molecule has 0 atom stereocenters. The van der Waals surface area contributed by atoms with Gasteiger partial charge in [-0.2, -0.15) is 18.3 Å². The van der Waals surface area contributed by atoms with E-state index in [1.807, 2.05) is 0 Å². The number of nitrogens with zero attached hydrogens (tertiary/aromatic N) is 2. The lowest BCUT2D eigenvalue weighted by Gasteiger charge is -2.27. The van der Waals surface area contributed by atoms with Gasteiger partial charge in [0.25, 0.3) is 5.91 Å². The van der Waals surface area contributed by atoms with Crippen LogP contribution in [-0.4, -0.2) is 34.2 Å². The molecule has 0 radical (unpaired) electrons. The molecule has 0 unspecified atom stereocenters. The number of alkyl halides is 3. The number of rotatable bonds is 1. The first-order valence-electron chi connectivity index (χ1n) is 7.62. The third-order valence-electron chi connectivity index (χ3n) is 4.43. The predicted octanol–water partition coefficient (Wildman–Crippen LogP) is 2.56. The molecule has 2 aliphatic heterocycles. The first kappa shape index (κ1) is 15.0. The van der Waals surface area contributed by atoms with Crippen molar-refractivity contribution in [2.24, 2.45) is 0 Å². The average molecular weight is 337 g/mol. The number of halogens is 3. The van der Waals surface area contributed by atoms with Crippen molar-refractivity contribution in [3.63, 3.8) is 0 Å². The summed E-state index contributed by atoms with van der Waals surface area (Å²) in [5, 5.41) is 5.82. The van der Waals surface area contributed by atoms with E-state index in [0.29, 0.717) is 30.8 Å². The number of aromatic amines is 1. The van der Waals surface area contributed by atoms with Crippen molar-refractivity contribution in [3.8, 4) is 5.75 Å². The molecule has 1 aromatic heterocycles. The van der Waals surface area contributed by atoms with Gasteiger partial charge in [0.2, 0.25) is 0 Å². The Morgan fingerprint density at radius 3 is 2.92 bits per heavy atom. The number of H-pyrrole nitrogens is 1. The number of fused-ring (bicyclic) bond motifs is 2. The SMILES string of the molecule is O=C(c1ccc2c(c1)CCO2)N1CCc2[nH]nc(C(F)(F)F)c2C1. The molecule has 5 nitrogen and oxygen atoms in total. The molecule has 4 rings (SSSR count). The topological polar surface area (TPSA) is 58.2 Å². The highest BCUT2D eigenvalue weighted by atomic mass is 19.4. The second-order valence-corrected chi connectivity index (χ2v) is 5.92. The molecule has 0 saturated heterocycles. The summed E-state index contributed by atoms with van der Waals surface area (Å²) >= 11 is 0. The van der Waals surface area contributed by atoms with Gasteiger partial charge >= 0.3 is 6.18 Å². The average Bonchev–Trinajstić information content (AvgIpc) is 3.18. The Morgan fingerprint density at radius 1 is 1.29 bits per heavy atom. The highest BCUT2D eigenvalue weighted by Crippen LogP contribution is 2.34. The van der Waals surface area contributed by atoms with Crippen molar-refractivity contribution < 1.29 is 22.7 Å². The number of carbonyl (C=O) groups is 1. The van der Waals surface area contributed by atoms with Crippen LogP contribution in [0, 0.1) is 0 Å². The Labute approximate surface area is 135 Å². The minimum absolute atomic E-state index is 0.0617. The maximum absolute atomic E-state index is 13.0. The van der Waals surface area contributed by atoms with E-state index in [1.165, 1.54) is 4.90 Å². The van der Waals surface area contributed by atoms with Crippen molar-refractivity contribution >= 4 is 5.91 Å². The van der Waals surface area contributed by atoms with Gasteiger partial charge in [-0.1, -0.05) is 0 Å². The molecule has 3 heterocycles. The van der Waals surface area contributed by atoms with Gasteiger partial charge < -0.3 is 9.64 Å². The third-order valence-corrected chi connectivity index (χ3v) is 4.43. The fourth-order valence-corrected chi connectivity index (χ4v) is 3.21. The molecule has 0 saturated carbocycles. The number of amides is 1. The molecule has 8 heteroatoms. The minimum Gasteiger partial charge on any atom is -0.493 e. The van der Waals surface area contributed by atoms with Crippen LogP contribution in [0.1, 0.15) is 32.9 Å². The summed E-state index contributed by atoms with van der Waals surface area (Å²) in [6.07, 6.45) is -3.46. The van der Waals surface area contributed by atoms with Gasteiger partial charge in [-0.3, -0.25) is 9.89 Å². The fraction of sp³-hybridized carbons (Fsp3) is 0.375. The van der Waals surface area contributed by atoms with E-state index in [0.717, 1.165) is 17.7 Å². The van der Waals surface area contributed by atoms with Crippen molar-refractivity contribution in [1.29, 1.82) is 0 Å². The number of ether oxygens (including phenoxy) is 1. The Bertz CT molecular complexity index is 813. The van der Waals surface area contributed by atoms with Gasteiger partial charge in [0, 0.05) is 42.8 Å². The lowest BCUT2D eigenvalue weighted by atomic mass is 10.0.